The van der Waals surface area contributed by atoms with Crippen molar-refractivity contribution in [3.05, 3.63) is 12.2 Å². The van der Waals surface area contributed by atoms with E-state index in [-0.39, 0.29) is 13.0 Å². The zero-order valence-corrected chi connectivity index (χ0v) is 12.7. The SMILES string of the molecule is O=C(O)CCC/C=C\C[C@H]1[C@@H](CCCCO)[C@H]2CC[C@@H]1O2. The molecule has 0 aromatic rings. The van der Waals surface area contributed by atoms with Crippen molar-refractivity contribution in [3.63, 3.8) is 0 Å². The summed E-state index contributed by atoms with van der Waals surface area (Å²) >= 11 is 0. The van der Waals surface area contributed by atoms with Crippen molar-refractivity contribution in [2.24, 2.45) is 11.8 Å². The van der Waals surface area contributed by atoms with Crippen LogP contribution in [0.2, 0.25) is 0 Å². The molecule has 0 unspecified atom stereocenters. The first-order valence-corrected chi connectivity index (χ1v) is 8.35. The van der Waals surface area contributed by atoms with Gasteiger partial charge in [-0.25, -0.2) is 0 Å². The molecule has 4 nitrogen and oxygen atoms in total. The molecule has 21 heavy (non-hydrogen) atoms. The lowest BCUT2D eigenvalue weighted by Gasteiger charge is -2.27. The van der Waals surface area contributed by atoms with Gasteiger partial charge in [-0.3, -0.25) is 4.79 Å². The van der Waals surface area contributed by atoms with E-state index in [1.807, 2.05) is 0 Å². The zero-order chi connectivity index (χ0) is 15.1. The number of carboxylic acids is 1. The first-order valence-electron chi connectivity index (χ1n) is 8.35. The number of carbonyl (C=O) groups is 1. The van der Waals surface area contributed by atoms with E-state index >= 15 is 0 Å². The topological polar surface area (TPSA) is 66.8 Å². The molecular formula is C17H28O4. The summed E-state index contributed by atoms with van der Waals surface area (Å²) < 4.78 is 6.06. The van der Waals surface area contributed by atoms with Crippen LogP contribution in [0.4, 0.5) is 0 Å². The predicted octanol–water partition coefficient (Wildman–Crippen LogP) is 3.14. The van der Waals surface area contributed by atoms with Crippen molar-refractivity contribution in [3.8, 4) is 0 Å². The van der Waals surface area contributed by atoms with Gasteiger partial charge in [0.2, 0.25) is 0 Å². The summed E-state index contributed by atoms with van der Waals surface area (Å²) in [6, 6.07) is 0. The average Bonchev–Trinajstić information content (AvgIpc) is 3.04. The summed E-state index contributed by atoms with van der Waals surface area (Å²) in [4.78, 5) is 10.4. The smallest absolute Gasteiger partial charge is 0.303 e. The van der Waals surface area contributed by atoms with Crippen LogP contribution in [-0.4, -0.2) is 35.0 Å². The molecule has 2 aliphatic heterocycles. The molecule has 0 aromatic heterocycles. The number of rotatable bonds is 10. The lowest BCUT2D eigenvalue weighted by Crippen LogP contribution is -2.26. The van der Waals surface area contributed by atoms with Crippen LogP contribution in [0.1, 0.15) is 57.8 Å². The minimum atomic E-state index is -0.714. The quantitative estimate of drug-likeness (QED) is 0.480. The van der Waals surface area contributed by atoms with Crippen molar-refractivity contribution in [1.82, 2.24) is 0 Å². The van der Waals surface area contributed by atoms with Crippen LogP contribution in [0.3, 0.4) is 0 Å². The summed E-state index contributed by atoms with van der Waals surface area (Å²) in [6.45, 7) is 0.288. The minimum absolute atomic E-state index is 0.255. The summed E-state index contributed by atoms with van der Waals surface area (Å²) in [5.41, 5.74) is 0. The predicted molar refractivity (Wildman–Crippen MR) is 81.1 cm³/mol. The van der Waals surface area contributed by atoms with Crippen LogP contribution in [0.25, 0.3) is 0 Å². The Balaban J connectivity index is 1.72. The third-order valence-corrected chi connectivity index (χ3v) is 4.87. The van der Waals surface area contributed by atoms with E-state index in [1.54, 1.807) is 0 Å². The van der Waals surface area contributed by atoms with E-state index in [0.29, 0.717) is 24.0 Å². The fourth-order valence-electron chi connectivity index (χ4n) is 3.83. The van der Waals surface area contributed by atoms with E-state index in [9.17, 15) is 4.79 Å². The summed E-state index contributed by atoms with van der Waals surface area (Å²) in [5.74, 6) is 0.561. The highest BCUT2D eigenvalue weighted by Crippen LogP contribution is 2.47. The highest BCUT2D eigenvalue weighted by molar-refractivity contribution is 5.66. The molecule has 2 bridgehead atoms. The largest absolute Gasteiger partial charge is 0.481 e. The minimum Gasteiger partial charge on any atom is -0.481 e. The van der Waals surface area contributed by atoms with Crippen LogP contribution < -0.4 is 0 Å². The number of carboxylic acid groups (broad SMARTS) is 1. The zero-order valence-electron chi connectivity index (χ0n) is 12.7. The molecule has 0 aromatic carbocycles. The number of aliphatic carboxylic acids is 1. The molecule has 2 aliphatic rings. The van der Waals surface area contributed by atoms with Gasteiger partial charge in [-0.15, -0.1) is 0 Å². The fraction of sp³-hybridized carbons (Fsp3) is 0.824. The monoisotopic (exact) mass is 296 g/mol. The Labute approximate surface area is 127 Å². The third-order valence-electron chi connectivity index (χ3n) is 4.87. The lowest BCUT2D eigenvalue weighted by molar-refractivity contribution is -0.137. The number of ether oxygens (including phenoxy) is 1. The fourth-order valence-corrected chi connectivity index (χ4v) is 3.83. The number of allylic oxidation sites excluding steroid dienone is 2. The maximum atomic E-state index is 10.4. The maximum Gasteiger partial charge on any atom is 0.303 e. The normalized spacial score (nSPS) is 31.3. The highest BCUT2D eigenvalue weighted by atomic mass is 16.5. The molecule has 120 valence electrons. The van der Waals surface area contributed by atoms with Gasteiger partial charge in [0, 0.05) is 13.0 Å². The van der Waals surface area contributed by atoms with Crippen LogP contribution in [0.5, 0.6) is 0 Å². The van der Waals surface area contributed by atoms with E-state index in [1.165, 1.54) is 19.3 Å². The van der Waals surface area contributed by atoms with Gasteiger partial charge in [0.1, 0.15) is 0 Å². The van der Waals surface area contributed by atoms with Crippen LogP contribution in [0.15, 0.2) is 12.2 Å². The molecule has 4 heteroatoms. The molecule has 2 heterocycles. The standard InChI is InChI=1S/C17H28O4/c18-12-6-5-8-14-13(15-10-11-16(14)21-15)7-3-1-2-4-9-17(19)20/h1,3,13-16,18H,2,4-12H2,(H,19,20)/b3-1-/t13-,14+,15-,16+/m0/s1. The molecule has 0 amide bonds. The number of unbranched alkanes of at least 4 members (excludes halogenated alkanes) is 2. The molecule has 2 N–H and O–H groups in total. The molecule has 2 fully saturated rings. The van der Waals surface area contributed by atoms with Gasteiger partial charge in [0.05, 0.1) is 12.2 Å². The molecule has 0 radical (unpaired) electrons. The van der Waals surface area contributed by atoms with Crippen LogP contribution in [-0.2, 0) is 9.53 Å². The van der Waals surface area contributed by atoms with E-state index in [4.69, 9.17) is 14.9 Å². The second-order valence-electron chi connectivity index (χ2n) is 6.33. The second kappa shape index (κ2) is 8.54. The molecular weight excluding hydrogens is 268 g/mol. The van der Waals surface area contributed by atoms with Gasteiger partial charge in [0.25, 0.3) is 0 Å². The second-order valence-corrected chi connectivity index (χ2v) is 6.33. The van der Waals surface area contributed by atoms with Gasteiger partial charge in [-0.2, -0.15) is 0 Å². The van der Waals surface area contributed by atoms with Gasteiger partial charge >= 0.3 is 5.97 Å². The highest BCUT2D eigenvalue weighted by Gasteiger charge is 2.47. The maximum absolute atomic E-state index is 10.4. The Hall–Kier alpha value is -0.870. The first kappa shape index (κ1) is 16.5. The molecule has 2 rings (SSSR count). The summed E-state index contributed by atoms with van der Waals surface area (Å²) in [5, 5.41) is 17.5. The number of aliphatic hydroxyl groups excluding tert-OH is 1. The summed E-state index contributed by atoms with van der Waals surface area (Å²) in [7, 11) is 0. The number of fused-ring (bicyclic) bond motifs is 2. The first-order chi connectivity index (χ1) is 10.2. The van der Waals surface area contributed by atoms with E-state index < -0.39 is 5.97 Å². The van der Waals surface area contributed by atoms with Gasteiger partial charge in [-0.05, 0) is 56.8 Å². The third kappa shape index (κ3) is 4.82. The molecule has 2 saturated heterocycles. The van der Waals surface area contributed by atoms with Crippen molar-refractivity contribution in [2.45, 2.75) is 70.0 Å². The van der Waals surface area contributed by atoms with Crippen molar-refractivity contribution in [2.75, 3.05) is 6.61 Å². The van der Waals surface area contributed by atoms with E-state index in [2.05, 4.69) is 12.2 Å². The molecule has 0 saturated carbocycles. The van der Waals surface area contributed by atoms with Crippen LogP contribution >= 0.6 is 0 Å². The Morgan fingerprint density at radius 2 is 1.86 bits per heavy atom. The lowest BCUT2D eigenvalue weighted by atomic mass is 9.75. The molecule has 4 atom stereocenters. The Bertz CT molecular complexity index is 353. The van der Waals surface area contributed by atoms with Crippen molar-refractivity contribution >= 4 is 5.97 Å². The number of hydrogen-bond donors (Lipinski definition) is 2. The Kier molecular flexibility index (Phi) is 6.71. The number of hydrogen-bond acceptors (Lipinski definition) is 3. The van der Waals surface area contributed by atoms with Crippen molar-refractivity contribution in [1.29, 1.82) is 0 Å². The summed E-state index contributed by atoms with van der Waals surface area (Å²) in [6.07, 6.45) is 13.6. The van der Waals surface area contributed by atoms with Crippen molar-refractivity contribution < 1.29 is 19.7 Å². The van der Waals surface area contributed by atoms with Gasteiger partial charge < -0.3 is 14.9 Å². The Morgan fingerprint density at radius 3 is 2.57 bits per heavy atom. The van der Waals surface area contributed by atoms with Gasteiger partial charge in [0.15, 0.2) is 0 Å². The molecule has 0 spiro atoms. The van der Waals surface area contributed by atoms with Gasteiger partial charge in [-0.1, -0.05) is 18.6 Å². The average molecular weight is 296 g/mol. The molecule has 0 aliphatic carbocycles. The van der Waals surface area contributed by atoms with Crippen LogP contribution in [0, 0.1) is 11.8 Å². The Morgan fingerprint density at radius 1 is 1.10 bits per heavy atom. The van der Waals surface area contributed by atoms with E-state index in [0.717, 1.165) is 32.1 Å². The number of aliphatic hydroxyl groups is 1.